The average molecular weight is 209 g/mol. The van der Waals surface area contributed by atoms with Crippen molar-refractivity contribution in [3.8, 4) is 0 Å². The molecule has 3 aliphatic rings. The van der Waals surface area contributed by atoms with Crippen molar-refractivity contribution in [3.05, 3.63) is 0 Å². The number of nitrogens with one attached hydrogen (secondary N) is 1. The summed E-state index contributed by atoms with van der Waals surface area (Å²) in [7, 11) is 0. The molecule has 15 heavy (non-hydrogen) atoms. The zero-order chi connectivity index (χ0) is 10.3. The van der Waals surface area contributed by atoms with Gasteiger partial charge in [-0.05, 0) is 56.9 Å². The van der Waals surface area contributed by atoms with Gasteiger partial charge in [0.2, 0.25) is 0 Å². The fourth-order valence-electron chi connectivity index (χ4n) is 3.12. The predicted molar refractivity (Wildman–Crippen MR) is 60.8 cm³/mol. The van der Waals surface area contributed by atoms with E-state index in [0.717, 1.165) is 24.5 Å². The Morgan fingerprint density at radius 3 is 2.80 bits per heavy atom. The summed E-state index contributed by atoms with van der Waals surface area (Å²) >= 11 is 0. The number of hydrogen-bond acceptors (Lipinski definition) is 2. The van der Waals surface area contributed by atoms with Gasteiger partial charge in [-0.3, -0.25) is 0 Å². The maximum Gasteiger partial charge on any atom is 0.0697 e. The first-order valence-corrected chi connectivity index (χ1v) is 6.65. The van der Waals surface area contributed by atoms with Crippen LogP contribution in [0.3, 0.4) is 0 Å². The van der Waals surface area contributed by atoms with Gasteiger partial charge in [0.15, 0.2) is 0 Å². The van der Waals surface area contributed by atoms with E-state index < -0.39 is 0 Å². The van der Waals surface area contributed by atoms with E-state index in [0.29, 0.717) is 5.60 Å². The molecular weight excluding hydrogens is 186 g/mol. The second-order valence-electron chi connectivity index (χ2n) is 5.96. The zero-order valence-electron chi connectivity index (χ0n) is 9.80. The second kappa shape index (κ2) is 3.74. The molecule has 0 aromatic heterocycles. The number of ether oxygens (including phenoxy) is 1. The Bertz CT molecular complexity index is 237. The summed E-state index contributed by atoms with van der Waals surface area (Å²) in [5.74, 6) is 1.96. The molecule has 2 nitrogen and oxygen atoms in total. The monoisotopic (exact) mass is 209 g/mol. The zero-order valence-corrected chi connectivity index (χ0v) is 9.80. The minimum Gasteiger partial charge on any atom is -0.375 e. The summed E-state index contributed by atoms with van der Waals surface area (Å²) in [5, 5.41) is 3.76. The van der Waals surface area contributed by atoms with Crippen LogP contribution in [0.1, 0.15) is 45.4 Å². The van der Waals surface area contributed by atoms with Crippen LogP contribution in [0.25, 0.3) is 0 Å². The Kier molecular flexibility index (Phi) is 2.52. The molecular formula is C13H23NO. The maximum absolute atomic E-state index is 5.94. The Hall–Kier alpha value is -0.0800. The third-order valence-corrected chi connectivity index (χ3v) is 4.70. The van der Waals surface area contributed by atoms with Crippen LogP contribution in [0, 0.1) is 11.8 Å². The molecule has 0 aromatic rings. The van der Waals surface area contributed by atoms with E-state index in [9.17, 15) is 0 Å². The van der Waals surface area contributed by atoms with Gasteiger partial charge >= 0.3 is 0 Å². The lowest BCUT2D eigenvalue weighted by molar-refractivity contribution is -0.135. The second-order valence-corrected chi connectivity index (χ2v) is 5.96. The van der Waals surface area contributed by atoms with E-state index in [2.05, 4.69) is 12.2 Å². The van der Waals surface area contributed by atoms with Gasteiger partial charge in [0.05, 0.1) is 5.60 Å². The van der Waals surface area contributed by atoms with Crippen LogP contribution in [-0.2, 0) is 4.74 Å². The Morgan fingerprint density at radius 1 is 1.40 bits per heavy atom. The van der Waals surface area contributed by atoms with Gasteiger partial charge in [0, 0.05) is 12.6 Å². The molecule has 3 rings (SSSR count). The first kappa shape index (κ1) is 10.1. The highest BCUT2D eigenvalue weighted by molar-refractivity contribution is 4.96. The van der Waals surface area contributed by atoms with E-state index in [-0.39, 0.29) is 0 Å². The maximum atomic E-state index is 5.94. The van der Waals surface area contributed by atoms with E-state index in [4.69, 9.17) is 4.74 Å². The van der Waals surface area contributed by atoms with Crippen molar-refractivity contribution in [2.24, 2.45) is 11.8 Å². The molecule has 1 aliphatic heterocycles. The van der Waals surface area contributed by atoms with Crippen molar-refractivity contribution in [1.82, 2.24) is 5.32 Å². The highest BCUT2D eigenvalue weighted by Crippen LogP contribution is 2.42. The summed E-state index contributed by atoms with van der Waals surface area (Å²) in [6.07, 6.45) is 7.95. The minimum atomic E-state index is 0.311. The average Bonchev–Trinajstić information content (AvgIpc) is 2.90. The van der Waals surface area contributed by atoms with Gasteiger partial charge in [-0.15, -0.1) is 0 Å². The van der Waals surface area contributed by atoms with E-state index >= 15 is 0 Å². The molecule has 2 saturated carbocycles. The lowest BCUT2D eigenvalue weighted by atomic mass is 9.74. The van der Waals surface area contributed by atoms with E-state index in [1.54, 1.807) is 0 Å². The highest BCUT2D eigenvalue weighted by atomic mass is 16.5. The lowest BCUT2D eigenvalue weighted by Crippen LogP contribution is -2.51. The van der Waals surface area contributed by atoms with Crippen molar-refractivity contribution in [2.75, 3.05) is 13.2 Å². The molecule has 0 amide bonds. The predicted octanol–water partition coefficient (Wildman–Crippen LogP) is 2.33. The Labute approximate surface area is 92.8 Å². The third-order valence-electron chi connectivity index (χ3n) is 4.70. The van der Waals surface area contributed by atoms with Crippen LogP contribution < -0.4 is 5.32 Å². The van der Waals surface area contributed by atoms with Crippen LogP contribution >= 0.6 is 0 Å². The van der Waals surface area contributed by atoms with E-state index in [1.807, 2.05) is 0 Å². The number of rotatable bonds is 3. The summed E-state index contributed by atoms with van der Waals surface area (Å²) in [6.45, 7) is 4.60. The first-order chi connectivity index (χ1) is 7.27. The summed E-state index contributed by atoms with van der Waals surface area (Å²) in [6, 6.07) is 0.742. The molecule has 0 bridgehead atoms. The molecule has 3 unspecified atom stereocenters. The van der Waals surface area contributed by atoms with Gasteiger partial charge in [-0.25, -0.2) is 0 Å². The van der Waals surface area contributed by atoms with Crippen LogP contribution in [-0.4, -0.2) is 24.8 Å². The topological polar surface area (TPSA) is 21.3 Å². The molecule has 1 saturated heterocycles. The molecule has 0 aromatic carbocycles. The van der Waals surface area contributed by atoms with Crippen molar-refractivity contribution in [2.45, 2.75) is 57.1 Å². The molecule has 1 spiro atoms. The SMILES string of the molecule is CC1CC1CNC1CCOC2(CCC2)C1. The van der Waals surface area contributed by atoms with Gasteiger partial charge in [0.1, 0.15) is 0 Å². The smallest absolute Gasteiger partial charge is 0.0697 e. The van der Waals surface area contributed by atoms with Crippen LogP contribution in [0.2, 0.25) is 0 Å². The quantitative estimate of drug-likeness (QED) is 0.770. The summed E-state index contributed by atoms with van der Waals surface area (Å²) < 4.78 is 5.94. The Morgan fingerprint density at radius 2 is 2.20 bits per heavy atom. The fourth-order valence-corrected chi connectivity index (χ4v) is 3.12. The highest BCUT2D eigenvalue weighted by Gasteiger charge is 2.42. The molecule has 1 heterocycles. The number of hydrogen-bond donors (Lipinski definition) is 1. The molecule has 2 heteroatoms. The van der Waals surface area contributed by atoms with E-state index in [1.165, 1.54) is 45.1 Å². The van der Waals surface area contributed by atoms with Crippen LogP contribution in [0.5, 0.6) is 0 Å². The van der Waals surface area contributed by atoms with Crippen molar-refractivity contribution < 1.29 is 4.74 Å². The standard InChI is InChI=1S/C13H23NO/c1-10-7-11(10)9-14-12-3-6-15-13(8-12)4-2-5-13/h10-12,14H,2-9H2,1H3. The molecule has 1 N–H and O–H groups in total. The molecule has 3 atom stereocenters. The lowest BCUT2D eigenvalue weighted by Gasteiger charge is -2.47. The summed E-state index contributed by atoms with van der Waals surface area (Å²) in [5.41, 5.74) is 0.311. The van der Waals surface area contributed by atoms with Crippen LogP contribution in [0.4, 0.5) is 0 Å². The molecule has 86 valence electrons. The fraction of sp³-hybridized carbons (Fsp3) is 1.00. The molecule has 0 radical (unpaired) electrons. The van der Waals surface area contributed by atoms with Crippen molar-refractivity contribution in [1.29, 1.82) is 0 Å². The van der Waals surface area contributed by atoms with Gasteiger partial charge in [-0.1, -0.05) is 6.92 Å². The summed E-state index contributed by atoms with van der Waals surface area (Å²) in [4.78, 5) is 0. The third kappa shape index (κ3) is 2.07. The first-order valence-electron chi connectivity index (χ1n) is 6.65. The van der Waals surface area contributed by atoms with Gasteiger partial charge in [0.25, 0.3) is 0 Å². The Balaban J connectivity index is 1.45. The largest absolute Gasteiger partial charge is 0.375 e. The molecule has 2 aliphatic carbocycles. The molecule has 3 fully saturated rings. The van der Waals surface area contributed by atoms with Gasteiger partial charge in [-0.2, -0.15) is 0 Å². The van der Waals surface area contributed by atoms with Crippen LogP contribution in [0.15, 0.2) is 0 Å². The minimum absolute atomic E-state index is 0.311. The normalized spacial score (nSPS) is 42.6. The van der Waals surface area contributed by atoms with Crippen molar-refractivity contribution >= 4 is 0 Å². The van der Waals surface area contributed by atoms with Crippen molar-refractivity contribution in [3.63, 3.8) is 0 Å². The van der Waals surface area contributed by atoms with Gasteiger partial charge < -0.3 is 10.1 Å².